The number of H-pyrrole nitrogens is 1. The van der Waals surface area contributed by atoms with Crippen LogP contribution in [-0.2, 0) is 0 Å². The smallest absolute Gasteiger partial charge is 0.224 e. The Hall–Kier alpha value is -4.58. The molecule has 3 heterocycles. The van der Waals surface area contributed by atoms with Gasteiger partial charge >= 0.3 is 0 Å². The number of hydrogen-bond acceptors (Lipinski definition) is 9. The van der Waals surface area contributed by atoms with Gasteiger partial charge in [-0.2, -0.15) is 9.97 Å². The molecule has 0 aliphatic carbocycles. The maximum atomic E-state index is 6.23. The first-order valence-electron chi connectivity index (χ1n) is 13.1. The van der Waals surface area contributed by atoms with Crippen LogP contribution in [-0.4, -0.2) is 64.2 Å². The number of nitrogen functional groups attached to an aromatic ring is 1. The SMILES string of the molecule is COc1ccc2nc3cc(Cl)ccc3c(NCCCCNC(N)=NCCCNc3nc(N)nc4nc[nH]c34)c2c1. The van der Waals surface area contributed by atoms with E-state index in [4.69, 9.17) is 32.8 Å². The molecule has 0 saturated heterocycles. The van der Waals surface area contributed by atoms with Crippen LogP contribution in [0.4, 0.5) is 17.5 Å². The molecule has 13 heteroatoms. The van der Waals surface area contributed by atoms with Crippen molar-refractivity contribution in [3.8, 4) is 5.75 Å². The van der Waals surface area contributed by atoms with Crippen LogP contribution in [0.25, 0.3) is 33.0 Å². The van der Waals surface area contributed by atoms with Gasteiger partial charge in [-0.25, -0.2) is 9.97 Å². The second-order valence-corrected chi connectivity index (χ2v) is 9.61. The van der Waals surface area contributed by atoms with Crippen molar-refractivity contribution in [2.24, 2.45) is 10.7 Å². The Morgan fingerprint density at radius 2 is 1.82 bits per heavy atom. The van der Waals surface area contributed by atoms with Crippen molar-refractivity contribution in [2.75, 3.05) is 49.7 Å². The van der Waals surface area contributed by atoms with Gasteiger partial charge in [0.1, 0.15) is 11.3 Å². The van der Waals surface area contributed by atoms with Crippen LogP contribution in [0.5, 0.6) is 5.75 Å². The van der Waals surface area contributed by atoms with Crippen molar-refractivity contribution in [3.63, 3.8) is 0 Å². The van der Waals surface area contributed by atoms with E-state index in [9.17, 15) is 0 Å². The van der Waals surface area contributed by atoms with E-state index in [1.165, 1.54) is 0 Å². The molecule has 5 aromatic rings. The molecule has 208 valence electrons. The van der Waals surface area contributed by atoms with Gasteiger partial charge in [0.2, 0.25) is 5.95 Å². The van der Waals surface area contributed by atoms with Gasteiger partial charge in [-0.05, 0) is 55.7 Å². The van der Waals surface area contributed by atoms with Gasteiger partial charge in [-0.3, -0.25) is 4.99 Å². The Morgan fingerprint density at radius 1 is 0.975 bits per heavy atom. The number of imidazole rings is 1. The zero-order valence-electron chi connectivity index (χ0n) is 22.2. The topological polar surface area (TPSA) is 177 Å². The van der Waals surface area contributed by atoms with Crippen LogP contribution < -0.4 is 32.2 Å². The number of guanidine groups is 1. The molecule has 0 saturated carbocycles. The summed E-state index contributed by atoms with van der Waals surface area (Å²) < 4.78 is 5.44. The summed E-state index contributed by atoms with van der Waals surface area (Å²) in [6.45, 7) is 2.75. The molecule has 0 amide bonds. The van der Waals surface area contributed by atoms with Crippen molar-refractivity contribution in [3.05, 3.63) is 47.7 Å². The molecule has 0 aliphatic heterocycles. The van der Waals surface area contributed by atoms with Crippen LogP contribution in [0.2, 0.25) is 5.02 Å². The first-order valence-corrected chi connectivity index (χ1v) is 13.4. The number of methoxy groups -OCH3 is 1. The molecule has 0 radical (unpaired) electrons. The number of nitrogens with zero attached hydrogens (tertiary/aromatic N) is 5. The Labute approximate surface area is 236 Å². The van der Waals surface area contributed by atoms with Crippen molar-refractivity contribution < 1.29 is 4.74 Å². The molecular weight excluding hydrogens is 530 g/mol. The monoisotopic (exact) mass is 561 g/mol. The maximum absolute atomic E-state index is 6.23. The molecule has 3 aromatic heterocycles. The standard InChI is InChI=1S/C27H32ClN11O/c1-40-17-6-8-20-19(14-17)22(18-7-5-16(28)13-21(18)37-20)31-9-2-3-10-33-26(29)34-12-4-11-32-24-23-25(36-15-35-23)39-27(30)38-24/h5-8,13-15H,2-4,9-12H2,1H3,(H,31,37)(H3,29,33,34)(H4,30,32,35,36,38,39). The van der Waals surface area contributed by atoms with Gasteiger partial charge in [-0.1, -0.05) is 11.6 Å². The fraction of sp³-hybridized carbons (Fsp3) is 0.296. The average Bonchev–Trinajstić information content (AvgIpc) is 3.42. The van der Waals surface area contributed by atoms with E-state index in [1.54, 1.807) is 13.4 Å². The number of anilines is 3. The zero-order chi connectivity index (χ0) is 27.9. The number of aliphatic imine (C=N–C) groups is 1. The number of aromatic amines is 1. The zero-order valence-corrected chi connectivity index (χ0v) is 22.9. The highest BCUT2D eigenvalue weighted by Crippen LogP contribution is 2.34. The maximum Gasteiger partial charge on any atom is 0.224 e. The Balaban J connectivity index is 1.07. The molecule has 5 rings (SSSR count). The number of unbranched alkanes of at least 4 members (excludes halogenated alkanes) is 1. The summed E-state index contributed by atoms with van der Waals surface area (Å²) in [5.41, 5.74) is 15.8. The lowest BCUT2D eigenvalue weighted by Crippen LogP contribution is -2.32. The van der Waals surface area contributed by atoms with Gasteiger partial charge < -0.3 is 37.1 Å². The number of benzene rings is 2. The van der Waals surface area contributed by atoms with E-state index in [-0.39, 0.29) is 5.95 Å². The molecule has 0 fully saturated rings. The van der Waals surface area contributed by atoms with Crippen LogP contribution in [0, 0.1) is 0 Å². The highest BCUT2D eigenvalue weighted by Gasteiger charge is 2.11. The second kappa shape index (κ2) is 12.5. The quantitative estimate of drug-likeness (QED) is 0.0566. The van der Waals surface area contributed by atoms with Crippen molar-refractivity contribution >= 4 is 68.0 Å². The number of fused-ring (bicyclic) bond motifs is 3. The summed E-state index contributed by atoms with van der Waals surface area (Å²) in [5.74, 6) is 2.02. The number of hydrogen-bond donors (Lipinski definition) is 6. The fourth-order valence-electron chi connectivity index (χ4n) is 4.41. The molecule has 0 bridgehead atoms. The van der Waals surface area contributed by atoms with Crippen LogP contribution >= 0.6 is 11.6 Å². The minimum absolute atomic E-state index is 0.177. The Morgan fingerprint density at radius 3 is 2.70 bits per heavy atom. The van der Waals surface area contributed by atoms with Crippen LogP contribution in [0.15, 0.2) is 47.7 Å². The van der Waals surface area contributed by atoms with E-state index in [2.05, 4.69) is 40.9 Å². The van der Waals surface area contributed by atoms with E-state index < -0.39 is 0 Å². The van der Waals surface area contributed by atoms with Gasteiger partial charge in [-0.15, -0.1) is 0 Å². The molecule has 8 N–H and O–H groups in total. The summed E-state index contributed by atoms with van der Waals surface area (Å²) >= 11 is 6.23. The lowest BCUT2D eigenvalue weighted by atomic mass is 10.1. The summed E-state index contributed by atoms with van der Waals surface area (Å²) in [6.07, 6.45) is 4.20. The van der Waals surface area contributed by atoms with E-state index in [0.717, 1.165) is 71.1 Å². The summed E-state index contributed by atoms with van der Waals surface area (Å²) in [5, 5.41) is 12.7. The fourth-order valence-corrected chi connectivity index (χ4v) is 4.58. The number of rotatable bonds is 12. The number of nitrogens with two attached hydrogens (primary N) is 2. The predicted octanol–water partition coefficient (Wildman–Crippen LogP) is 3.90. The number of ether oxygens (including phenoxy) is 1. The number of pyridine rings is 1. The summed E-state index contributed by atoms with van der Waals surface area (Å²) in [7, 11) is 1.66. The minimum atomic E-state index is 0.177. The van der Waals surface area contributed by atoms with Gasteiger partial charge in [0, 0.05) is 42.0 Å². The highest BCUT2D eigenvalue weighted by atomic mass is 35.5. The second-order valence-electron chi connectivity index (χ2n) is 9.17. The van der Waals surface area contributed by atoms with E-state index in [0.29, 0.717) is 35.5 Å². The first kappa shape index (κ1) is 27.0. The molecule has 2 aromatic carbocycles. The van der Waals surface area contributed by atoms with E-state index >= 15 is 0 Å². The third-order valence-electron chi connectivity index (χ3n) is 6.37. The van der Waals surface area contributed by atoms with Crippen LogP contribution in [0.1, 0.15) is 19.3 Å². The van der Waals surface area contributed by atoms with Crippen molar-refractivity contribution in [2.45, 2.75) is 19.3 Å². The molecule has 0 spiro atoms. The largest absolute Gasteiger partial charge is 0.497 e. The molecule has 12 nitrogen and oxygen atoms in total. The predicted molar refractivity (Wildman–Crippen MR) is 162 cm³/mol. The van der Waals surface area contributed by atoms with E-state index in [1.807, 2.05) is 36.4 Å². The molecular formula is C27H32ClN11O. The third-order valence-corrected chi connectivity index (χ3v) is 6.60. The molecule has 40 heavy (non-hydrogen) atoms. The van der Waals surface area contributed by atoms with Crippen molar-refractivity contribution in [1.82, 2.24) is 30.2 Å². The molecule has 0 unspecified atom stereocenters. The normalized spacial score (nSPS) is 11.8. The Bertz CT molecular complexity index is 1650. The summed E-state index contributed by atoms with van der Waals surface area (Å²) in [4.78, 5) is 24.6. The van der Waals surface area contributed by atoms with Crippen LogP contribution in [0.3, 0.4) is 0 Å². The lowest BCUT2D eigenvalue weighted by molar-refractivity contribution is 0.415. The van der Waals surface area contributed by atoms with Gasteiger partial charge in [0.25, 0.3) is 0 Å². The lowest BCUT2D eigenvalue weighted by Gasteiger charge is -2.14. The molecule has 0 atom stereocenters. The number of nitrogens with one attached hydrogen (secondary N) is 4. The number of aromatic nitrogens is 5. The number of halogens is 1. The Kier molecular flexibility index (Phi) is 8.45. The minimum Gasteiger partial charge on any atom is -0.497 e. The molecule has 0 aliphatic rings. The van der Waals surface area contributed by atoms with Gasteiger partial charge in [0.05, 0.1) is 30.2 Å². The highest BCUT2D eigenvalue weighted by molar-refractivity contribution is 6.31. The third kappa shape index (κ3) is 6.34. The average molecular weight is 562 g/mol. The first-order chi connectivity index (χ1) is 19.5. The van der Waals surface area contributed by atoms with Gasteiger partial charge in [0.15, 0.2) is 17.4 Å². The summed E-state index contributed by atoms with van der Waals surface area (Å²) in [6, 6.07) is 11.7. The van der Waals surface area contributed by atoms with Crippen molar-refractivity contribution in [1.29, 1.82) is 0 Å².